The van der Waals surface area contributed by atoms with Gasteiger partial charge in [-0.05, 0) is 45.0 Å². The Morgan fingerprint density at radius 2 is 1.90 bits per heavy atom. The van der Waals surface area contributed by atoms with Crippen molar-refractivity contribution >= 4 is 33.3 Å². The van der Waals surface area contributed by atoms with E-state index < -0.39 is 5.97 Å². The van der Waals surface area contributed by atoms with Gasteiger partial charge < -0.3 is 9.30 Å². The first-order chi connectivity index (χ1) is 14.9. The highest BCUT2D eigenvalue weighted by molar-refractivity contribution is 7.20. The minimum Gasteiger partial charge on any atom is -0.453 e. The number of ketones is 1. The number of nitrogens with zero attached hydrogens (tertiary/aromatic N) is 3. The topological polar surface area (TPSA) is 66.1 Å². The van der Waals surface area contributed by atoms with E-state index in [1.54, 1.807) is 12.1 Å². The van der Waals surface area contributed by atoms with E-state index in [2.05, 4.69) is 11.7 Å². The maximum atomic E-state index is 12.7. The summed E-state index contributed by atoms with van der Waals surface area (Å²) in [6.07, 6.45) is 1.79. The van der Waals surface area contributed by atoms with Crippen LogP contribution in [0, 0.1) is 20.8 Å². The molecule has 31 heavy (non-hydrogen) atoms. The molecule has 0 aliphatic rings. The standard InChI is InChI=1S/C24H23N3O3S/c1-5-11-26-15(2)12-20(17(26)4)21(28)14-30-24(29)22-13-19-16(3)25-27(23(19)31-22)18-9-7-6-8-10-18/h5-10,12-13H,1,11,14H2,2-4H3. The average molecular weight is 434 g/mol. The van der Waals surface area contributed by atoms with Crippen molar-refractivity contribution in [2.45, 2.75) is 27.3 Å². The Kier molecular flexibility index (Phi) is 5.61. The number of ether oxygens (including phenoxy) is 1. The Labute approximate surface area is 184 Å². The molecule has 4 aromatic rings. The summed E-state index contributed by atoms with van der Waals surface area (Å²) < 4.78 is 9.19. The first-order valence-electron chi connectivity index (χ1n) is 9.93. The number of thiophene rings is 1. The third-order valence-corrected chi connectivity index (χ3v) is 6.36. The first-order valence-corrected chi connectivity index (χ1v) is 10.7. The fraction of sp³-hybridized carbons (Fsp3) is 0.208. The number of benzene rings is 1. The lowest BCUT2D eigenvalue weighted by molar-refractivity contribution is 0.0479. The Morgan fingerprint density at radius 1 is 1.16 bits per heavy atom. The molecule has 0 atom stereocenters. The summed E-state index contributed by atoms with van der Waals surface area (Å²) in [7, 11) is 0. The predicted molar refractivity (Wildman–Crippen MR) is 122 cm³/mol. The molecule has 3 aromatic heterocycles. The minimum absolute atomic E-state index is 0.218. The van der Waals surface area contributed by atoms with Crippen LogP contribution in [-0.2, 0) is 11.3 Å². The van der Waals surface area contributed by atoms with Gasteiger partial charge in [-0.1, -0.05) is 24.3 Å². The number of para-hydroxylation sites is 1. The van der Waals surface area contributed by atoms with Gasteiger partial charge in [0.25, 0.3) is 0 Å². The van der Waals surface area contributed by atoms with Crippen LogP contribution in [0.25, 0.3) is 15.9 Å². The van der Waals surface area contributed by atoms with Crippen LogP contribution in [-0.4, -0.2) is 32.7 Å². The van der Waals surface area contributed by atoms with E-state index in [9.17, 15) is 9.59 Å². The second kappa shape index (κ2) is 8.35. The lowest BCUT2D eigenvalue weighted by atomic mass is 10.1. The number of fused-ring (bicyclic) bond motifs is 1. The third-order valence-electron chi connectivity index (χ3n) is 5.27. The molecule has 0 aliphatic heterocycles. The Bertz CT molecular complexity index is 1290. The van der Waals surface area contributed by atoms with E-state index in [1.807, 2.05) is 66.4 Å². The molecule has 0 fully saturated rings. The van der Waals surface area contributed by atoms with E-state index in [1.165, 1.54) is 11.3 Å². The normalized spacial score (nSPS) is 11.1. The fourth-order valence-corrected chi connectivity index (χ4v) is 4.74. The van der Waals surface area contributed by atoms with Gasteiger partial charge in [0.15, 0.2) is 6.61 Å². The van der Waals surface area contributed by atoms with Crippen molar-refractivity contribution < 1.29 is 14.3 Å². The third kappa shape index (κ3) is 3.84. The molecule has 6 nitrogen and oxygen atoms in total. The van der Waals surface area contributed by atoms with Crippen LogP contribution < -0.4 is 0 Å². The number of esters is 1. The Morgan fingerprint density at radius 3 is 2.61 bits per heavy atom. The smallest absolute Gasteiger partial charge is 0.348 e. The Balaban J connectivity index is 1.52. The van der Waals surface area contributed by atoms with Crippen molar-refractivity contribution in [3.63, 3.8) is 0 Å². The first kappa shape index (κ1) is 20.8. The van der Waals surface area contributed by atoms with Gasteiger partial charge in [-0.15, -0.1) is 17.9 Å². The lowest BCUT2D eigenvalue weighted by Gasteiger charge is -2.06. The number of Topliss-reactive ketones (excluding diaryl/α,β-unsaturated/α-hetero) is 1. The molecule has 0 bridgehead atoms. The van der Waals surface area contributed by atoms with Crippen LogP contribution in [0.15, 0.2) is 55.1 Å². The van der Waals surface area contributed by atoms with Gasteiger partial charge in [0.05, 0.1) is 11.4 Å². The zero-order valence-electron chi connectivity index (χ0n) is 17.7. The molecule has 0 radical (unpaired) electrons. The molecule has 0 aliphatic carbocycles. The minimum atomic E-state index is -0.506. The summed E-state index contributed by atoms with van der Waals surface area (Å²) in [5.74, 6) is -0.724. The number of carbonyl (C=O) groups excluding carboxylic acids is 2. The number of carbonyl (C=O) groups is 2. The Hall–Kier alpha value is -3.45. The van der Waals surface area contributed by atoms with Crippen molar-refractivity contribution in [2.24, 2.45) is 0 Å². The molecule has 7 heteroatoms. The van der Waals surface area contributed by atoms with Crippen molar-refractivity contribution in [2.75, 3.05) is 6.61 Å². The van der Waals surface area contributed by atoms with E-state index in [4.69, 9.17) is 4.74 Å². The molecule has 1 aromatic carbocycles. The number of hydrogen-bond donors (Lipinski definition) is 0. The number of rotatable bonds is 7. The summed E-state index contributed by atoms with van der Waals surface area (Å²) >= 11 is 1.31. The molecule has 0 saturated carbocycles. The SMILES string of the molecule is C=CCn1c(C)cc(C(=O)COC(=O)c2cc3c(C)nn(-c4ccccc4)c3s2)c1C. The van der Waals surface area contributed by atoms with Gasteiger partial charge in [-0.25, -0.2) is 9.48 Å². The number of aryl methyl sites for hydroxylation is 2. The second-order valence-corrected chi connectivity index (χ2v) is 8.38. The molecule has 0 unspecified atom stereocenters. The lowest BCUT2D eigenvalue weighted by Crippen LogP contribution is -2.14. The molecule has 158 valence electrons. The van der Waals surface area contributed by atoms with Crippen LogP contribution >= 0.6 is 11.3 Å². The van der Waals surface area contributed by atoms with E-state index in [0.29, 0.717) is 17.0 Å². The molecule has 0 amide bonds. The van der Waals surface area contributed by atoms with E-state index >= 15 is 0 Å². The second-order valence-electron chi connectivity index (χ2n) is 7.35. The fourth-order valence-electron chi connectivity index (χ4n) is 3.67. The maximum Gasteiger partial charge on any atom is 0.348 e. The summed E-state index contributed by atoms with van der Waals surface area (Å²) in [6, 6.07) is 13.4. The molecule has 0 spiro atoms. The van der Waals surface area contributed by atoms with Crippen LogP contribution in [0.3, 0.4) is 0 Å². The molecular weight excluding hydrogens is 410 g/mol. The number of allylic oxidation sites excluding steroid dienone is 1. The molecule has 3 heterocycles. The summed E-state index contributed by atoms with van der Waals surface area (Å²) in [5, 5.41) is 5.48. The predicted octanol–water partition coefficient (Wildman–Crippen LogP) is 5.04. The van der Waals surface area contributed by atoms with Crippen LogP contribution in [0.4, 0.5) is 0 Å². The molecule has 0 saturated heterocycles. The van der Waals surface area contributed by atoms with Crippen molar-refractivity contribution in [3.05, 3.63) is 82.6 Å². The van der Waals surface area contributed by atoms with Crippen LogP contribution in [0.2, 0.25) is 0 Å². The van der Waals surface area contributed by atoms with E-state index in [-0.39, 0.29) is 12.4 Å². The van der Waals surface area contributed by atoms with Crippen molar-refractivity contribution in [1.82, 2.24) is 14.3 Å². The van der Waals surface area contributed by atoms with Crippen molar-refractivity contribution in [3.8, 4) is 5.69 Å². The van der Waals surface area contributed by atoms with Gasteiger partial charge in [-0.2, -0.15) is 5.10 Å². The highest BCUT2D eigenvalue weighted by atomic mass is 32.1. The quantitative estimate of drug-likeness (QED) is 0.233. The average Bonchev–Trinajstić information content (AvgIpc) is 3.42. The monoisotopic (exact) mass is 433 g/mol. The summed E-state index contributed by atoms with van der Waals surface area (Å²) in [5.41, 5.74) is 4.14. The summed E-state index contributed by atoms with van der Waals surface area (Å²) in [6.45, 7) is 9.82. The molecular formula is C24H23N3O3S. The highest BCUT2D eigenvalue weighted by Gasteiger charge is 2.21. The number of hydrogen-bond acceptors (Lipinski definition) is 5. The number of aromatic nitrogens is 3. The summed E-state index contributed by atoms with van der Waals surface area (Å²) in [4.78, 5) is 26.6. The van der Waals surface area contributed by atoms with Gasteiger partial charge in [0.1, 0.15) is 9.71 Å². The van der Waals surface area contributed by atoms with Gasteiger partial charge >= 0.3 is 5.97 Å². The zero-order chi connectivity index (χ0) is 22.1. The molecule has 0 N–H and O–H groups in total. The van der Waals surface area contributed by atoms with Crippen LogP contribution in [0.1, 0.15) is 37.1 Å². The van der Waals surface area contributed by atoms with Gasteiger partial charge in [0.2, 0.25) is 5.78 Å². The largest absolute Gasteiger partial charge is 0.453 e. The maximum absolute atomic E-state index is 12.7. The van der Waals surface area contributed by atoms with Gasteiger partial charge in [0, 0.05) is 28.9 Å². The zero-order valence-corrected chi connectivity index (χ0v) is 18.5. The van der Waals surface area contributed by atoms with Crippen molar-refractivity contribution in [1.29, 1.82) is 0 Å². The highest BCUT2D eigenvalue weighted by Crippen LogP contribution is 2.30. The molecule has 4 rings (SSSR count). The van der Waals surface area contributed by atoms with Gasteiger partial charge in [-0.3, -0.25) is 4.79 Å². The van der Waals surface area contributed by atoms with Crippen LogP contribution in [0.5, 0.6) is 0 Å². The van der Waals surface area contributed by atoms with E-state index in [0.717, 1.165) is 33.0 Å².